The van der Waals surface area contributed by atoms with E-state index in [9.17, 15) is 13.6 Å². The predicted molar refractivity (Wildman–Crippen MR) is 92.8 cm³/mol. The van der Waals surface area contributed by atoms with E-state index >= 15 is 0 Å². The minimum Gasteiger partial charge on any atom is -0.365 e. The van der Waals surface area contributed by atoms with Gasteiger partial charge in [0.15, 0.2) is 0 Å². The number of aryl methyl sites for hydroxylation is 2. The molecule has 1 aromatic carbocycles. The van der Waals surface area contributed by atoms with Crippen LogP contribution in [0.1, 0.15) is 35.1 Å². The molecule has 3 rings (SSSR count). The Labute approximate surface area is 145 Å². The smallest absolute Gasteiger partial charge is 0.253 e. The summed E-state index contributed by atoms with van der Waals surface area (Å²) in [5, 5.41) is 2.95. The summed E-state index contributed by atoms with van der Waals surface area (Å²) in [7, 11) is 0. The zero-order valence-corrected chi connectivity index (χ0v) is 14.4. The second-order valence-corrected chi connectivity index (χ2v) is 6.26. The molecule has 1 amide bonds. The second kappa shape index (κ2) is 7.17. The summed E-state index contributed by atoms with van der Waals surface area (Å²) in [4.78, 5) is 18.5. The van der Waals surface area contributed by atoms with Crippen LogP contribution in [0, 0.1) is 18.6 Å². The summed E-state index contributed by atoms with van der Waals surface area (Å²) in [6.07, 6.45) is 1.45. The van der Waals surface area contributed by atoms with Gasteiger partial charge in [0.05, 0.1) is 11.3 Å². The molecule has 2 aromatic rings. The van der Waals surface area contributed by atoms with Crippen LogP contribution in [0.5, 0.6) is 0 Å². The van der Waals surface area contributed by atoms with Crippen LogP contribution in [0.15, 0.2) is 30.3 Å². The lowest BCUT2D eigenvalue weighted by Gasteiger charge is -2.20. The monoisotopic (exact) mass is 345 g/mol. The first-order chi connectivity index (χ1) is 12.0. The number of nitrogens with one attached hydrogen (secondary N) is 1. The Morgan fingerprint density at radius 1 is 1.28 bits per heavy atom. The number of aromatic nitrogens is 1. The van der Waals surface area contributed by atoms with E-state index in [1.54, 1.807) is 11.0 Å². The first kappa shape index (κ1) is 17.3. The molecule has 0 bridgehead atoms. The molecule has 0 saturated carbocycles. The summed E-state index contributed by atoms with van der Waals surface area (Å²) in [5.74, 6) is -1.36. The number of anilines is 1. The minimum atomic E-state index is -0.581. The molecule has 1 aromatic heterocycles. The molecular formula is C19H21F2N3O. The highest BCUT2D eigenvalue weighted by atomic mass is 19.1. The normalized spacial score (nSPS) is 17.0. The molecule has 1 fully saturated rings. The number of pyridine rings is 1. The number of rotatable bonds is 4. The van der Waals surface area contributed by atoms with E-state index in [4.69, 9.17) is 0 Å². The fraction of sp³-hybridized carbons (Fsp3) is 0.368. The van der Waals surface area contributed by atoms with Crippen LogP contribution in [0.2, 0.25) is 0 Å². The molecule has 1 N–H and O–H groups in total. The van der Waals surface area contributed by atoms with E-state index in [1.165, 1.54) is 18.2 Å². The number of nitrogens with zero attached hydrogens (tertiary/aromatic N) is 2. The van der Waals surface area contributed by atoms with Gasteiger partial charge in [-0.3, -0.25) is 9.78 Å². The molecule has 4 nitrogen and oxygen atoms in total. The summed E-state index contributed by atoms with van der Waals surface area (Å²) in [6, 6.07) is 7.30. The van der Waals surface area contributed by atoms with Crippen molar-refractivity contribution in [2.75, 3.05) is 18.0 Å². The van der Waals surface area contributed by atoms with Crippen LogP contribution < -0.4 is 10.2 Å². The van der Waals surface area contributed by atoms with Gasteiger partial charge in [0.25, 0.3) is 5.91 Å². The summed E-state index contributed by atoms with van der Waals surface area (Å²) < 4.78 is 27.8. The van der Waals surface area contributed by atoms with Crippen LogP contribution in [-0.4, -0.2) is 30.0 Å². The maximum absolute atomic E-state index is 13.9. The average Bonchev–Trinajstić information content (AvgIpc) is 3.02. The number of hydrogen-bond donors (Lipinski definition) is 1. The van der Waals surface area contributed by atoms with Gasteiger partial charge in [-0.25, -0.2) is 8.78 Å². The Morgan fingerprint density at radius 3 is 2.64 bits per heavy atom. The van der Waals surface area contributed by atoms with Gasteiger partial charge in [-0.15, -0.1) is 0 Å². The van der Waals surface area contributed by atoms with Gasteiger partial charge in [0.2, 0.25) is 0 Å². The first-order valence-electron chi connectivity index (χ1n) is 8.46. The average molecular weight is 345 g/mol. The fourth-order valence-corrected chi connectivity index (χ4v) is 3.19. The van der Waals surface area contributed by atoms with Crippen molar-refractivity contribution in [1.29, 1.82) is 0 Å². The maximum Gasteiger partial charge on any atom is 0.253 e. The summed E-state index contributed by atoms with van der Waals surface area (Å²) in [6.45, 7) is 4.69. The van der Waals surface area contributed by atoms with Crippen LogP contribution in [0.3, 0.4) is 0 Å². The molecule has 1 aliphatic heterocycles. The van der Waals surface area contributed by atoms with Crippen molar-refractivity contribution in [3.8, 4) is 0 Å². The fourth-order valence-electron chi connectivity index (χ4n) is 3.19. The molecule has 1 atom stereocenters. The SMILES string of the molecule is CCc1ccc(C(=O)NC2CCN(c3c(F)cccc3F)C2)c(C)n1. The Hall–Kier alpha value is -2.50. The lowest BCUT2D eigenvalue weighted by atomic mass is 10.1. The third-order valence-electron chi connectivity index (χ3n) is 4.53. The van der Waals surface area contributed by atoms with E-state index in [1.807, 2.05) is 19.9 Å². The van der Waals surface area contributed by atoms with Crippen LogP contribution in [0.4, 0.5) is 14.5 Å². The largest absolute Gasteiger partial charge is 0.365 e. The zero-order chi connectivity index (χ0) is 18.0. The molecule has 25 heavy (non-hydrogen) atoms. The molecule has 2 heterocycles. The number of hydrogen-bond acceptors (Lipinski definition) is 3. The van der Waals surface area contributed by atoms with Gasteiger partial charge < -0.3 is 10.2 Å². The second-order valence-electron chi connectivity index (χ2n) is 6.26. The Kier molecular flexibility index (Phi) is 4.97. The number of carbonyl (C=O) groups is 1. The number of halogens is 2. The topological polar surface area (TPSA) is 45.2 Å². The van der Waals surface area contributed by atoms with Crippen molar-refractivity contribution in [2.45, 2.75) is 32.7 Å². The van der Waals surface area contributed by atoms with Gasteiger partial charge in [0, 0.05) is 24.8 Å². The molecule has 0 radical (unpaired) electrons. The van der Waals surface area contributed by atoms with Gasteiger partial charge in [-0.05, 0) is 44.0 Å². The summed E-state index contributed by atoms with van der Waals surface area (Å²) >= 11 is 0. The number of para-hydroxylation sites is 1. The van der Waals surface area contributed by atoms with E-state index < -0.39 is 11.6 Å². The highest BCUT2D eigenvalue weighted by Crippen LogP contribution is 2.26. The van der Waals surface area contributed by atoms with Crippen LogP contribution >= 0.6 is 0 Å². The van der Waals surface area contributed by atoms with Gasteiger partial charge >= 0.3 is 0 Å². The van der Waals surface area contributed by atoms with Crippen molar-refractivity contribution < 1.29 is 13.6 Å². The van der Waals surface area contributed by atoms with Crippen molar-refractivity contribution in [3.05, 3.63) is 58.9 Å². The quantitative estimate of drug-likeness (QED) is 0.925. The first-order valence-corrected chi connectivity index (χ1v) is 8.46. The lowest BCUT2D eigenvalue weighted by molar-refractivity contribution is 0.0939. The zero-order valence-electron chi connectivity index (χ0n) is 14.4. The molecule has 1 aliphatic rings. The third kappa shape index (κ3) is 3.62. The minimum absolute atomic E-state index is 0.0237. The van der Waals surface area contributed by atoms with Crippen LogP contribution in [-0.2, 0) is 6.42 Å². The Bertz CT molecular complexity index is 774. The van der Waals surface area contributed by atoms with Crippen molar-refractivity contribution >= 4 is 11.6 Å². The standard InChI is InChI=1S/C19H21F2N3O/c1-3-13-7-8-15(12(2)22-13)19(25)23-14-9-10-24(11-14)18-16(20)5-4-6-17(18)21/h4-8,14H,3,9-11H2,1-2H3,(H,23,25). The predicted octanol–water partition coefficient (Wildman–Crippen LogP) is 3.24. The number of amides is 1. The Morgan fingerprint density at radius 2 is 2.00 bits per heavy atom. The van der Waals surface area contributed by atoms with Crippen LogP contribution in [0.25, 0.3) is 0 Å². The van der Waals surface area contributed by atoms with E-state index in [0.717, 1.165) is 12.1 Å². The van der Waals surface area contributed by atoms with Crippen molar-refractivity contribution in [2.24, 2.45) is 0 Å². The number of carbonyl (C=O) groups excluding carboxylic acids is 1. The van der Waals surface area contributed by atoms with E-state index in [2.05, 4.69) is 10.3 Å². The molecular weight excluding hydrogens is 324 g/mol. The van der Waals surface area contributed by atoms with E-state index in [-0.39, 0.29) is 17.6 Å². The molecule has 1 unspecified atom stereocenters. The molecule has 132 valence electrons. The van der Waals surface area contributed by atoms with E-state index in [0.29, 0.717) is 30.8 Å². The third-order valence-corrected chi connectivity index (χ3v) is 4.53. The molecule has 0 spiro atoms. The summed E-state index contributed by atoms with van der Waals surface area (Å²) in [5.41, 5.74) is 2.14. The van der Waals surface area contributed by atoms with Gasteiger partial charge in [-0.1, -0.05) is 13.0 Å². The van der Waals surface area contributed by atoms with Gasteiger partial charge in [-0.2, -0.15) is 0 Å². The highest BCUT2D eigenvalue weighted by Gasteiger charge is 2.28. The van der Waals surface area contributed by atoms with Crippen molar-refractivity contribution in [1.82, 2.24) is 10.3 Å². The number of benzene rings is 1. The van der Waals surface area contributed by atoms with Gasteiger partial charge in [0.1, 0.15) is 17.3 Å². The molecule has 6 heteroatoms. The highest BCUT2D eigenvalue weighted by molar-refractivity contribution is 5.95. The lowest BCUT2D eigenvalue weighted by Crippen LogP contribution is -2.37. The molecule has 0 aliphatic carbocycles. The van der Waals surface area contributed by atoms with Crippen molar-refractivity contribution in [3.63, 3.8) is 0 Å². The molecule has 1 saturated heterocycles. The maximum atomic E-state index is 13.9. The Balaban J connectivity index is 1.68.